The van der Waals surface area contributed by atoms with E-state index in [0.717, 1.165) is 5.56 Å². The first kappa shape index (κ1) is 21.3. The normalized spacial score (nSPS) is 11.0. The highest BCUT2D eigenvalue weighted by molar-refractivity contribution is 6.11. The topological polar surface area (TPSA) is 104 Å². The van der Waals surface area contributed by atoms with E-state index in [-0.39, 0.29) is 17.3 Å². The van der Waals surface area contributed by atoms with Crippen molar-refractivity contribution in [2.75, 3.05) is 20.0 Å². The molecule has 1 amide bonds. The summed E-state index contributed by atoms with van der Waals surface area (Å²) in [6, 6.07) is 22.6. The number of ether oxygens (including phenoxy) is 2. The van der Waals surface area contributed by atoms with Gasteiger partial charge in [-0.2, -0.15) is 0 Å². The predicted octanol–water partition coefficient (Wildman–Crippen LogP) is 4.10. The molecule has 2 heterocycles. The lowest BCUT2D eigenvalue weighted by Gasteiger charge is -2.12. The number of para-hydroxylation sites is 2. The van der Waals surface area contributed by atoms with E-state index in [0.29, 0.717) is 45.9 Å². The maximum absolute atomic E-state index is 13.3. The fourth-order valence-electron chi connectivity index (χ4n) is 3.98. The molecule has 8 nitrogen and oxygen atoms in total. The van der Waals surface area contributed by atoms with E-state index in [1.54, 1.807) is 30.9 Å². The Bertz CT molecular complexity index is 1510. The molecule has 0 aliphatic carbocycles. The van der Waals surface area contributed by atoms with Crippen LogP contribution < -0.4 is 20.5 Å². The number of hydrogen-bond donors (Lipinski definition) is 2. The summed E-state index contributed by atoms with van der Waals surface area (Å²) in [5.74, 6) is 1.03. The van der Waals surface area contributed by atoms with E-state index in [1.165, 1.54) is 0 Å². The van der Waals surface area contributed by atoms with Crippen molar-refractivity contribution in [3.05, 3.63) is 83.9 Å². The molecule has 0 saturated heterocycles. The molecule has 0 aliphatic heterocycles. The molecular formula is C26H23N5O3. The highest BCUT2D eigenvalue weighted by atomic mass is 16.5. The van der Waals surface area contributed by atoms with E-state index in [4.69, 9.17) is 25.2 Å². The quantitative estimate of drug-likeness (QED) is 0.401. The van der Waals surface area contributed by atoms with Crippen LogP contribution in [0.25, 0.3) is 27.9 Å². The standard InChI is InChI=1S/C26H23N5O3/c1-33-20-13-12-17(14-21(20)34-2)31-24(27)22(26(32)28-15-16-8-4-3-5-9-16)23-25(31)30-19-11-7-6-10-18(19)29-23/h3-14H,15,27H2,1-2H3,(H,28,32). The second kappa shape index (κ2) is 8.74. The van der Waals surface area contributed by atoms with Crippen LogP contribution in [0.2, 0.25) is 0 Å². The van der Waals surface area contributed by atoms with Gasteiger partial charge in [-0.25, -0.2) is 9.97 Å². The van der Waals surface area contributed by atoms with E-state index in [1.807, 2.05) is 60.7 Å². The summed E-state index contributed by atoms with van der Waals surface area (Å²) in [7, 11) is 3.14. The van der Waals surface area contributed by atoms with E-state index in [9.17, 15) is 4.79 Å². The number of rotatable bonds is 6. The average molecular weight is 454 g/mol. The van der Waals surface area contributed by atoms with Gasteiger partial charge in [0.15, 0.2) is 17.1 Å². The third-order valence-corrected chi connectivity index (χ3v) is 5.65. The minimum Gasteiger partial charge on any atom is -0.493 e. The summed E-state index contributed by atoms with van der Waals surface area (Å²) in [6.07, 6.45) is 0. The highest BCUT2D eigenvalue weighted by Crippen LogP contribution is 2.35. The van der Waals surface area contributed by atoms with Gasteiger partial charge in [-0.3, -0.25) is 9.36 Å². The number of carbonyl (C=O) groups excluding carboxylic acids is 1. The molecular weight excluding hydrogens is 430 g/mol. The summed E-state index contributed by atoms with van der Waals surface area (Å²) in [5.41, 5.74) is 10.8. The van der Waals surface area contributed by atoms with Gasteiger partial charge in [0.05, 0.1) is 30.9 Å². The summed E-state index contributed by atoms with van der Waals surface area (Å²) < 4.78 is 12.5. The zero-order valence-electron chi connectivity index (χ0n) is 18.8. The van der Waals surface area contributed by atoms with Crippen molar-refractivity contribution in [2.45, 2.75) is 6.54 Å². The van der Waals surface area contributed by atoms with Gasteiger partial charge < -0.3 is 20.5 Å². The fraction of sp³-hybridized carbons (Fsp3) is 0.115. The molecule has 5 rings (SSSR count). The van der Waals surface area contributed by atoms with Crippen molar-refractivity contribution < 1.29 is 14.3 Å². The van der Waals surface area contributed by atoms with Crippen molar-refractivity contribution in [1.82, 2.24) is 19.9 Å². The lowest BCUT2D eigenvalue weighted by Crippen LogP contribution is -2.24. The molecule has 5 aromatic rings. The van der Waals surface area contributed by atoms with Crippen molar-refractivity contribution in [3.63, 3.8) is 0 Å². The van der Waals surface area contributed by atoms with Gasteiger partial charge in [0.25, 0.3) is 5.91 Å². The number of nitrogen functional groups attached to an aromatic ring is 1. The minimum absolute atomic E-state index is 0.239. The van der Waals surface area contributed by atoms with Crippen LogP contribution in [0.3, 0.4) is 0 Å². The van der Waals surface area contributed by atoms with Gasteiger partial charge in [0.2, 0.25) is 0 Å². The van der Waals surface area contributed by atoms with Crippen LogP contribution in [-0.4, -0.2) is 34.7 Å². The maximum atomic E-state index is 13.3. The number of carbonyl (C=O) groups is 1. The Balaban J connectivity index is 1.69. The average Bonchev–Trinajstić information content (AvgIpc) is 3.16. The van der Waals surface area contributed by atoms with Crippen LogP contribution in [0.15, 0.2) is 72.8 Å². The fourth-order valence-corrected chi connectivity index (χ4v) is 3.98. The lowest BCUT2D eigenvalue weighted by atomic mass is 10.2. The number of nitrogens with two attached hydrogens (primary N) is 1. The van der Waals surface area contributed by atoms with Crippen molar-refractivity contribution in [3.8, 4) is 17.2 Å². The number of nitrogens with zero attached hydrogens (tertiary/aromatic N) is 3. The van der Waals surface area contributed by atoms with E-state index in [2.05, 4.69) is 5.32 Å². The molecule has 170 valence electrons. The number of amides is 1. The second-order valence-corrected chi connectivity index (χ2v) is 7.69. The molecule has 2 aromatic heterocycles. The van der Waals surface area contributed by atoms with Gasteiger partial charge in [0, 0.05) is 12.6 Å². The zero-order chi connectivity index (χ0) is 23.7. The molecule has 0 spiro atoms. The Labute approximate surface area is 196 Å². The molecule has 0 atom stereocenters. The van der Waals surface area contributed by atoms with Gasteiger partial charge in [-0.15, -0.1) is 0 Å². The van der Waals surface area contributed by atoms with E-state index >= 15 is 0 Å². The Hall–Kier alpha value is -4.59. The van der Waals surface area contributed by atoms with E-state index < -0.39 is 0 Å². The molecule has 0 saturated carbocycles. The predicted molar refractivity (Wildman–Crippen MR) is 131 cm³/mol. The zero-order valence-corrected chi connectivity index (χ0v) is 18.8. The summed E-state index contributed by atoms with van der Waals surface area (Å²) in [5, 5.41) is 2.96. The molecule has 0 bridgehead atoms. The van der Waals surface area contributed by atoms with Crippen LogP contribution in [-0.2, 0) is 6.54 Å². The minimum atomic E-state index is -0.324. The van der Waals surface area contributed by atoms with Crippen molar-refractivity contribution in [1.29, 1.82) is 0 Å². The first-order chi connectivity index (χ1) is 16.6. The third kappa shape index (κ3) is 3.65. The van der Waals surface area contributed by atoms with Gasteiger partial charge >= 0.3 is 0 Å². The third-order valence-electron chi connectivity index (χ3n) is 5.65. The van der Waals surface area contributed by atoms with Crippen molar-refractivity contribution >= 4 is 33.9 Å². The van der Waals surface area contributed by atoms with Gasteiger partial charge in [0.1, 0.15) is 16.9 Å². The summed E-state index contributed by atoms with van der Waals surface area (Å²) >= 11 is 0. The Kier molecular flexibility index (Phi) is 5.47. The molecule has 0 fully saturated rings. The van der Waals surface area contributed by atoms with Crippen LogP contribution >= 0.6 is 0 Å². The molecule has 0 aliphatic rings. The Morgan fingerprint density at radius 1 is 0.912 bits per heavy atom. The first-order valence-corrected chi connectivity index (χ1v) is 10.7. The number of hydrogen-bond acceptors (Lipinski definition) is 6. The molecule has 0 unspecified atom stereocenters. The molecule has 0 radical (unpaired) electrons. The van der Waals surface area contributed by atoms with Gasteiger partial charge in [-0.05, 0) is 29.8 Å². The SMILES string of the molecule is COc1ccc(-n2c(N)c(C(=O)NCc3ccccc3)c3nc4ccccc4nc32)cc1OC. The summed E-state index contributed by atoms with van der Waals surface area (Å²) in [4.78, 5) is 22.9. The monoisotopic (exact) mass is 453 g/mol. The number of benzene rings is 3. The largest absolute Gasteiger partial charge is 0.493 e. The van der Waals surface area contributed by atoms with Crippen LogP contribution in [0.4, 0.5) is 5.82 Å². The number of aromatic nitrogens is 3. The summed E-state index contributed by atoms with van der Waals surface area (Å²) in [6.45, 7) is 0.364. The number of nitrogens with one attached hydrogen (secondary N) is 1. The number of anilines is 1. The highest BCUT2D eigenvalue weighted by Gasteiger charge is 2.25. The maximum Gasteiger partial charge on any atom is 0.257 e. The smallest absolute Gasteiger partial charge is 0.257 e. The number of methoxy groups -OCH3 is 2. The van der Waals surface area contributed by atoms with Crippen molar-refractivity contribution in [2.24, 2.45) is 0 Å². The van der Waals surface area contributed by atoms with Crippen LogP contribution in [0.1, 0.15) is 15.9 Å². The Morgan fingerprint density at radius 3 is 2.29 bits per heavy atom. The first-order valence-electron chi connectivity index (χ1n) is 10.7. The molecule has 34 heavy (non-hydrogen) atoms. The molecule has 3 N–H and O–H groups in total. The Morgan fingerprint density at radius 2 is 1.59 bits per heavy atom. The van der Waals surface area contributed by atoms with Crippen LogP contribution in [0, 0.1) is 0 Å². The number of fused-ring (bicyclic) bond motifs is 2. The second-order valence-electron chi connectivity index (χ2n) is 7.69. The van der Waals surface area contributed by atoms with Gasteiger partial charge in [-0.1, -0.05) is 42.5 Å². The van der Waals surface area contributed by atoms with Crippen LogP contribution in [0.5, 0.6) is 11.5 Å². The molecule has 3 aromatic carbocycles. The molecule has 8 heteroatoms. The lowest BCUT2D eigenvalue weighted by molar-refractivity contribution is 0.0953.